The zero-order chi connectivity index (χ0) is 10.7. The first-order valence-electron chi connectivity index (χ1n) is 2.48. The van der Waals surface area contributed by atoms with E-state index in [1.54, 1.807) is 0 Å². The van der Waals surface area contributed by atoms with Crippen molar-refractivity contribution in [2.45, 2.75) is 0 Å². The molecule has 0 aliphatic heterocycles. The topological polar surface area (TPSA) is 143 Å². The van der Waals surface area contributed by atoms with Gasteiger partial charge in [0, 0.05) is 17.1 Å². The molecule has 0 heterocycles. The first-order chi connectivity index (χ1) is 5.97. The van der Waals surface area contributed by atoms with Gasteiger partial charge in [-0.05, 0) is 0 Å². The molecule has 6 nitrogen and oxygen atoms in total. The van der Waals surface area contributed by atoms with Gasteiger partial charge >= 0.3 is 102 Å². The normalized spacial score (nSPS) is 11.6. The Hall–Kier alpha value is -1.02. The molecule has 0 aliphatic rings. The third-order valence-corrected chi connectivity index (χ3v) is 5.23. The fourth-order valence-corrected chi connectivity index (χ4v) is 1.17. The first-order valence-corrected chi connectivity index (χ1v) is 6.02. The fourth-order valence-electron chi connectivity index (χ4n) is 0.283. The Bertz CT molecular complexity index is 395. The maximum atomic E-state index is 8.58. The van der Waals surface area contributed by atoms with Crippen LogP contribution in [0.4, 0.5) is 0 Å². The van der Waals surface area contributed by atoms with Crippen LogP contribution in [0.1, 0.15) is 0 Å². The minimum atomic E-state index is -6.30. The van der Waals surface area contributed by atoms with Crippen molar-refractivity contribution in [3.05, 3.63) is 0 Å². The van der Waals surface area contributed by atoms with E-state index in [9.17, 15) is 0 Å². The van der Waals surface area contributed by atoms with Crippen molar-refractivity contribution in [2.24, 2.45) is 0 Å². The van der Waals surface area contributed by atoms with Crippen LogP contribution in [0.2, 0.25) is 0 Å². The van der Waals surface area contributed by atoms with Crippen LogP contribution in [0.25, 0.3) is 0 Å². The monoisotopic (exact) mass is 290 g/mol. The Kier molecular flexibility index (Phi) is 6.08. The zero-order valence-corrected chi connectivity index (χ0v) is 8.80. The number of nitriles is 6. The summed E-state index contributed by atoms with van der Waals surface area (Å²) in [4.78, 5) is 6.25. The summed E-state index contributed by atoms with van der Waals surface area (Å²) in [6, 6.07) is 0. The molecule has 0 aliphatic carbocycles. The molecule has 0 fully saturated rings. The predicted octanol–water partition coefficient (Wildman–Crippen LogP) is -0.553. The molecule has 0 atom stereocenters. The fraction of sp³-hybridized carbons (Fsp3) is 0. The van der Waals surface area contributed by atoms with Crippen LogP contribution >= 0.6 is 0 Å². The molecule has 0 aromatic heterocycles. The van der Waals surface area contributed by atoms with Crippen molar-refractivity contribution in [2.75, 3.05) is 0 Å². The molecule has 0 saturated carbocycles. The third-order valence-electron chi connectivity index (χ3n) is 1.27. The molecule has 0 aromatic rings. The Balaban J connectivity index is -0.000000720. The van der Waals surface area contributed by atoms with Crippen LogP contribution in [0.15, 0.2) is 0 Å². The molecule has 9 heteroatoms. The van der Waals surface area contributed by atoms with E-state index in [0.29, 0.717) is 0 Å². The van der Waals surface area contributed by atoms with Gasteiger partial charge in [-0.25, -0.2) is 0 Å². The van der Waals surface area contributed by atoms with Crippen LogP contribution < -0.4 is 0 Å². The average molecular weight is 290 g/mol. The van der Waals surface area contributed by atoms with Gasteiger partial charge in [-0.1, -0.05) is 0 Å². The summed E-state index contributed by atoms with van der Waals surface area (Å²) in [5.41, 5.74) is 0. The molecule has 70 valence electrons. The molecule has 1 radical (unpaired) electrons. The maximum absolute atomic E-state index is 8.58. The molecule has 0 spiro atoms. The van der Waals surface area contributed by atoms with Crippen LogP contribution in [0, 0.1) is 61.4 Å². The van der Waals surface area contributed by atoms with Crippen LogP contribution in [0.3, 0.4) is 0 Å². The average Bonchev–Trinajstić information content (AvgIpc) is 2.26. The van der Waals surface area contributed by atoms with Gasteiger partial charge in [0.25, 0.3) is 0 Å². The van der Waals surface area contributed by atoms with E-state index in [1.165, 1.54) is 0 Å². The van der Waals surface area contributed by atoms with E-state index in [-0.39, 0.29) is 46.6 Å². The Morgan fingerprint density at radius 2 is 0.667 bits per heavy atom. The van der Waals surface area contributed by atoms with Gasteiger partial charge < -0.3 is 0 Å². The minimum absolute atomic E-state index is 0. The van der Waals surface area contributed by atoms with E-state index in [2.05, 4.69) is 0 Å². The van der Waals surface area contributed by atoms with Crippen molar-refractivity contribution >= 4 is 29.6 Å². The molecule has 0 rings (SSSR count). The third kappa shape index (κ3) is 1.86. The summed E-state index contributed by atoms with van der Waals surface area (Å²) in [5, 5.41) is 51.5. The summed E-state index contributed by atoms with van der Waals surface area (Å²) in [5.74, 6) is 0. The molecular weight excluding hydrogens is 289 g/mol. The summed E-state index contributed by atoms with van der Waals surface area (Å²) in [7, 11) is -6.30. The van der Waals surface area contributed by atoms with Crippen molar-refractivity contribution in [3.8, 4) is 29.8 Å². The number of rotatable bonds is 0. The van der Waals surface area contributed by atoms with Crippen molar-refractivity contribution in [1.29, 1.82) is 31.6 Å². The molecule has 0 saturated heterocycles. The second-order valence-electron chi connectivity index (χ2n) is 1.92. The van der Waals surface area contributed by atoms with E-state index in [1.807, 2.05) is 0 Å². The molecule has 0 aromatic carbocycles. The number of hydrogen-bond donors (Lipinski definition) is 0. The van der Waals surface area contributed by atoms with Crippen LogP contribution in [-0.2, 0) is 27.8 Å². The van der Waals surface area contributed by atoms with Gasteiger partial charge in [-0.3, -0.25) is 0 Å². The Morgan fingerprint density at radius 3 is 0.667 bits per heavy atom. The van der Waals surface area contributed by atoms with Gasteiger partial charge in [0.1, 0.15) is 0 Å². The quantitative estimate of drug-likeness (QED) is 0.547. The van der Waals surface area contributed by atoms with E-state index >= 15 is 0 Å². The van der Waals surface area contributed by atoms with E-state index < -0.39 is 10.7 Å². The zero-order valence-electron chi connectivity index (χ0n) is 6.44. The van der Waals surface area contributed by atoms with Crippen molar-refractivity contribution in [3.63, 3.8) is 0 Å². The Morgan fingerprint density at radius 1 is 0.533 bits per heavy atom. The second kappa shape index (κ2) is 4.67. The van der Waals surface area contributed by atoms with Gasteiger partial charge in [0.05, 0.1) is 0 Å². The second-order valence-corrected chi connectivity index (χ2v) is 7.93. The molecular formula is C6HMn2N6Na. The van der Waals surface area contributed by atoms with Crippen LogP contribution in [-0.4, -0.2) is 29.6 Å². The van der Waals surface area contributed by atoms with E-state index in [4.69, 9.17) is 31.6 Å². The predicted molar refractivity (Wildman–Crippen MR) is 40.8 cm³/mol. The Labute approximate surface area is 118 Å². The number of hydrogen-bond acceptors (Lipinski definition) is 6. The van der Waals surface area contributed by atoms with E-state index in [0.717, 1.165) is 29.8 Å². The van der Waals surface area contributed by atoms with Gasteiger partial charge in [-0.2, -0.15) is 0 Å². The molecule has 0 amide bonds. The molecule has 15 heavy (non-hydrogen) atoms. The van der Waals surface area contributed by atoms with Gasteiger partial charge in [0.2, 0.25) is 0 Å². The summed E-state index contributed by atoms with van der Waals surface area (Å²) < 4.78 is 0. The standard InChI is InChI=1S/6CN.2Mn.Na.H/c6*1-2;;;;. The summed E-state index contributed by atoms with van der Waals surface area (Å²) in [6.07, 6.45) is 0. The number of nitrogens with zero attached hydrogens (tertiary/aromatic N) is 6. The SMILES string of the molecule is N#[C][Mn]([C]#N)([C]#N)([C]#N)([C]#N)[C]#N.[Mn].[NaH]. The molecule has 0 bridgehead atoms. The summed E-state index contributed by atoms with van der Waals surface area (Å²) >= 11 is 0. The first kappa shape index (κ1) is 19.5. The van der Waals surface area contributed by atoms with Crippen molar-refractivity contribution < 1.29 is 27.8 Å². The van der Waals surface area contributed by atoms with Gasteiger partial charge in [0.15, 0.2) is 0 Å². The van der Waals surface area contributed by atoms with Crippen molar-refractivity contribution in [1.82, 2.24) is 0 Å². The summed E-state index contributed by atoms with van der Waals surface area (Å²) in [6.45, 7) is 0. The van der Waals surface area contributed by atoms with Gasteiger partial charge in [-0.15, -0.1) is 0 Å². The van der Waals surface area contributed by atoms with Crippen LogP contribution in [0.5, 0.6) is 0 Å². The molecule has 0 N–H and O–H groups in total. The molecule has 0 unspecified atom stereocenters.